The summed E-state index contributed by atoms with van der Waals surface area (Å²) < 4.78 is 4.56. The zero-order chi connectivity index (χ0) is 12.6. The first-order chi connectivity index (χ1) is 7.52. The van der Waals surface area contributed by atoms with Crippen molar-refractivity contribution < 1.29 is 14.5 Å². The first kappa shape index (κ1) is 14.9. The van der Waals surface area contributed by atoms with E-state index < -0.39 is 12.0 Å². The number of nitrogens with zero attached hydrogens (tertiary/aromatic N) is 1. The minimum absolute atomic E-state index is 0.267. The average Bonchev–Trinajstić information content (AvgIpc) is 2.26. The Bertz CT molecular complexity index is 230. The Labute approximate surface area is 96.3 Å². The SMILES string of the molecule is CCCCCC(CC(C)C(=O)OC)[N+](=O)[O-]. The van der Waals surface area contributed by atoms with Gasteiger partial charge in [-0.3, -0.25) is 14.9 Å². The van der Waals surface area contributed by atoms with E-state index in [9.17, 15) is 14.9 Å². The van der Waals surface area contributed by atoms with Crippen molar-refractivity contribution in [2.45, 2.75) is 52.0 Å². The number of unbranched alkanes of at least 4 members (excludes halogenated alkanes) is 2. The molecule has 5 heteroatoms. The molecule has 0 aromatic carbocycles. The Morgan fingerprint density at radius 3 is 2.50 bits per heavy atom. The summed E-state index contributed by atoms with van der Waals surface area (Å²) in [5.74, 6) is -0.774. The standard InChI is InChI=1S/C11H21NO4/c1-4-5-6-7-10(12(14)15)8-9(2)11(13)16-3/h9-10H,4-8H2,1-3H3. The van der Waals surface area contributed by atoms with E-state index in [-0.39, 0.29) is 17.3 Å². The molecule has 0 radical (unpaired) electrons. The molecule has 0 heterocycles. The summed E-state index contributed by atoms with van der Waals surface area (Å²) >= 11 is 0. The van der Waals surface area contributed by atoms with Crippen LogP contribution in [-0.4, -0.2) is 24.0 Å². The van der Waals surface area contributed by atoms with Crippen LogP contribution in [0.2, 0.25) is 0 Å². The molecule has 2 atom stereocenters. The lowest BCUT2D eigenvalue weighted by atomic mass is 9.98. The van der Waals surface area contributed by atoms with Crippen molar-refractivity contribution in [1.29, 1.82) is 0 Å². The summed E-state index contributed by atoms with van der Waals surface area (Å²) in [6, 6.07) is -0.624. The Kier molecular flexibility index (Phi) is 7.50. The van der Waals surface area contributed by atoms with Gasteiger partial charge in [0.05, 0.1) is 13.0 Å². The van der Waals surface area contributed by atoms with Crippen molar-refractivity contribution in [3.05, 3.63) is 10.1 Å². The van der Waals surface area contributed by atoms with Crippen LogP contribution in [0.3, 0.4) is 0 Å². The van der Waals surface area contributed by atoms with Crippen LogP contribution in [0.15, 0.2) is 0 Å². The molecular formula is C11H21NO4. The fourth-order valence-corrected chi connectivity index (χ4v) is 1.64. The number of esters is 1. The van der Waals surface area contributed by atoms with Gasteiger partial charge in [-0.05, 0) is 6.42 Å². The third-order valence-corrected chi connectivity index (χ3v) is 2.67. The van der Waals surface area contributed by atoms with Gasteiger partial charge < -0.3 is 4.74 Å². The van der Waals surface area contributed by atoms with Crippen LogP contribution >= 0.6 is 0 Å². The second kappa shape index (κ2) is 8.07. The second-order valence-corrected chi connectivity index (χ2v) is 4.09. The van der Waals surface area contributed by atoms with Gasteiger partial charge in [-0.15, -0.1) is 0 Å². The van der Waals surface area contributed by atoms with Crippen LogP contribution in [-0.2, 0) is 9.53 Å². The fourth-order valence-electron chi connectivity index (χ4n) is 1.64. The largest absolute Gasteiger partial charge is 0.469 e. The summed E-state index contributed by atoms with van der Waals surface area (Å²) in [5, 5.41) is 10.8. The number of methoxy groups -OCH3 is 1. The first-order valence-corrected chi connectivity index (χ1v) is 5.74. The lowest BCUT2D eigenvalue weighted by Gasteiger charge is -2.13. The van der Waals surface area contributed by atoms with Gasteiger partial charge >= 0.3 is 5.97 Å². The van der Waals surface area contributed by atoms with Gasteiger partial charge in [-0.1, -0.05) is 26.7 Å². The second-order valence-electron chi connectivity index (χ2n) is 4.09. The molecule has 5 nitrogen and oxygen atoms in total. The fraction of sp³-hybridized carbons (Fsp3) is 0.909. The van der Waals surface area contributed by atoms with Crippen LogP contribution in [0.5, 0.6) is 0 Å². The molecule has 0 aromatic heterocycles. The minimum atomic E-state index is -0.624. The molecule has 0 aliphatic rings. The van der Waals surface area contributed by atoms with Crippen molar-refractivity contribution in [2.24, 2.45) is 5.92 Å². The topological polar surface area (TPSA) is 69.4 Å². The summed E-state index contributed by atoms with van der Waals surface area (Å²) in [6.45, 7) is 3.72. The number of nitro groups is 1. The lowest BCUT2D eigenvalue weighted by Crippen LogP contribution is -2.26. The third kappa shape index (κ3) is 5.68. The highest BCUT2D eigenvalue weighted by Gasteiger charge is 2.26. The smallest absolute Gasteiger partial charge is 0.308 e. The van der Waals surface area contributed by atoms with Gasteiger partial charge in [-0.25, -0.2) is 0 Å². The molecule has 2 unspecified atom stereocenters. The Hall–Kier alpha value is -1.13. The zero-order valence-corrected chi connectivity index (χ0v) is 10.3. The maximum Gasteiger partial charge on any atom is 0.308 e. The molecule has 16 heavy (non-hydrogen) atoms. The molecular weight excluding hydrogens is 210 g/mol. The number of hydrogen-bond acceptors (Lipinski definition) is 4. The number of carbonyl (C=O) groups is 1. The molecule has 0 spiro atoms. The molecule has 0 fully saturated rings. The van der Waals surface area contributed by atoms with Gasteiger partial charge in [0.1, 0.15) is 0 Å². The number of carbonyl (C=O) groups excluding carboxylic acids is 1. The van der Waals surface area contributed by atoms with Crippen molar-refractivity contribution in [3.8, 4) is 0 Å². The van der Waals surface area contributed by atoms with Gasteiger partial charge in [-0.2, -0.15) is 0 Å². The normalized spacial score (nSPS) is 14.2. The van der Waals surface area contributed by atoms with E-state index >= 15 is 0 Å². The quantitative estimate of drug-likeness (QED) is 0.278. The minimum Gasteiger partial charge on any atom is -0.469 e. The monoisotopic (exact) mass is 231 g/mol. The van der Waals surface area contributed by atoms with Crippen molar-refractivity contribution in [1.82, 2.24) is 0 Å². The summed E-state index contributed by atoms with van der Waals surface area (Å²) in [6.07, 6.45) is 3.69. The van der Waals surface area contributed by atoms with E-state index in [4.69, 9.17) is 0 Å². The Morgan fingerprint density at radius 1 is 1.44 bits per heavy atom. The first-order valence-electron chi connectivity index (χ1n) is 5.74. The molecule has 0 saturated carbocycles. The van der Waals surface area contributed by atoms with Crippen LogP contribution < -0.4 is 0 Å². The van der Waals surface area contributed by atoms with Crippen molar-refractivity contribution >= 4 is 5.97 Å². The molecule has 0 amide bonds. The average molecular weight is 231 g/mol. The highest BCUT2D eigenvalue weighted by molar-refractivity contribution is 5.71. The van der Waals surface area contributed by atoms with Crippen LogP contribution in [0.1, 0.15) is 46.0 Å². The zero-order valence-electron chi connectivity index (χ0n) is 10.3. The maximum atomic E-state index is 11.2. The van der Waals surface area contributed by atoms with E-state index in [0.717, 1.165) is 19.3 Å². The van der Waals surface area contributed by atoms with E-state index in [0.29, 0.717) is 6.42 Å². The van der Waals surface area contributed by atoms with Gasteiger partial charge in [0.25, 0.3) is 0 Å². The molecule has 0 rings (SSSR count). The van der Waals surface area contributed by atoms with Gasteiger partial charge in [0.2, 0.25) is 6.04 Å². The molecule has 0 aromatic rings. The van der Waals surface area contributed by atoms with Crippen LogP contribution in [0.25, 0.3) is 0 Å². The number of hydrogen-bond donors (Lipinski definition) is 0. The molecule has 0 saturated heterocycles. The van der Waals surface area contributed by atoms with Crippen LogP contribution in [0.4, 0.5) is 0 Å². The highest BCUT2D eigenvalue weighted by atomic mass is 16.6. The third-order valence-electron chi connectivity index (χ3n) is 2.67. The summed E-state index contributed by atoms with van der Waals surface area (Å²) in [7, 11) is 1.30. The molecule has 0 aliphatic heterocycles. The van der Waals surface area contributed by atoms with E-state index in [1.54, 1.807) is 6.92 Å². The predicted octanol–water partition coefficient (Wildman–Crippen LogP) is 2.41. The maximum absolute atomic E-state index is 11.2. The lowest BCUT2D eigenvalue weighted by molar-refractivity contribution is -0.525. The number of ether oxygens (including phenoxy) is 1. The Morgan fingerprint density at radius 2 is 2.06 bits per heavy atom. The predicted molar refractivity (Wildman–Crippen MR) is 60.7 cm³/mol. The van der Waals surface area contributed by atoms with E-state index in [2.05, 4.69) is 11.7 Å². The van der Waals surface area contributed by atoms with E-state index in [1.807, 2.05) is 0 Å². The molecule has 0 bridgehead atoms. The highest BCUT2D eigenvalue weighted by Crippen LogP contribution is 2.16. The van der Waals surface area contributed by atoms with E-state index in [1.165, 1.54) is 7.11 Å². The van der Waals surface area contributed by atoms with Gasteiger partial charge in [0.15, 0.2) is 0 Å². The Balaban J connectivity index is 4.12. The van der Waals surface area contributed by atoms with Gasteiger partial charge in [0, 0.05) is 17.8 Å². The van der Waals surface area contributed by atoms with Crippen molar-refractivity contribution in [2.75, 3.05) is 7.11 Å². The summed E-state index contributed by atoms with van der Waals surface area (Å²) in [4.78, 5) is 21.7. The summed E-state index contributed by atoms with van der Waals surface area (Å²) in [5.41, 5.74) is 0. The number of rotatable bonds is 8. The molecule has 0 N–H and O–H groups in total. The van der Waals surface area contributed by atoms with Crippen molar-refractivity contribution in [3.63, 3.8) is 0 Å². The molecule has 0 aliphatic carbocycles. The van der Waals surface area contributed by atoms with Crippen LogP contribution in [0, 0.1) is 16.0 Å². The molecule has 94 valence electrons.